The fourth-order valence-electron chi connectivity index (χ4n) is 3.82. The van der Waals surface area contributed by atoms with Crippen LogP contribution in [0.2, 0.25) is 0 Å². The van der Waals surface area contributed by atoms with Crippen LogP contribution >= 0.6 is 11.3 Å². The number of nitrogens with two attached hydrogens (primary N) is 1. The van der Waals surface area contributed by atoms with E-state index in [2.05, 4.69) is 30.9 Å². The molecule has 0 bridgehead atoms. The number of aromatic nitrogens is 3. The largest absolute Gasteiger partial charge is 0.493 e. The molecule has 1 amide bonds. The van der Waals surface area contributed by atoms with E-state index >= 15 is 0 Å². The molecule has 13 nitrogen and oxygen atoms in total. The summed E-state index contributed by atoms with van der Waals surface area (Å²) in [5.41, 5.74) is 6.84. The van der Waals surface area contributed by atoms with Gasteiger partial charge in [0.15, 0.2) is 16.6 Å². The molecule has 37 heavy (non-hydrogen) atoms. The predicted molar refractivity (Wildman–Crippen MR) is 139 cm³/mol. The maximum absolute atomic E-state index is 11.8. The van der Waals surface area contributed by atoms with E-state index in [9.17, 15) is 14.7 Å². The van der Waals surface area contributed by atoms with Crippen molar-refractivity contribution >= 4 is 45.9 Å². The molecule has 1 aliphatic heterocycles. The first-order valence-electron chi connectivity index (χ1n) is 11.4. The van der Waals surface area contributed by atoms with Gasteiger partial charge >= 0.3 is 5.97 Å². The maximum atomic E-state index is 11.8. The lowest BCUT2D eigenvalue weighted by molar-refractivity contribution is -0.120. The van der Waals surface area contributed by atoms with Gasteiger partial charge in [-0.05, 0) is 24.6 Å². The Balaban J connectivity index is 1.61. The minimum absolute atomic E-state index is 0.136. The maximum Gasteiger partial charge on any atom is 0.347 e. The third kappa shape index (κ3) is 6.16. The van der Waals surface area contributed by atoms with Gasteiger partial charge in [-0.3, -0.25) is 10.1 Å². The van der Waals surface area contributed by atoms with Crippen molar-refractivity contribution < 1.29 is 24.2 Å². The van der Waals surface area contributed by atoms with E-state index in [1.807, 2.05) is 23.1 Å². The summed E-state index contributed by atoms with van der Waals surface area (Å²) in [6, 6.07) is 6.87. The van der Waals surface area contributed by atoms with E-state index < -0.39 is 17.9 Å². The van der Waals surface area contributed by atoms with E-state index in [-0.39, 0.29) is 10.8 Å². The molecule has 6 N–H and O–H groups in total. The summed E-state index contributed by atoms with van der Waals surface area (Å²) in [5, 5.41) is 19.1. The molecule has 3 heterocycles. The fraction of sp³-hybridized carbons (Fsp3) is 0.348. The second-order valence-corrected chi connectivity index (χ2v) is 9.20. The van der Waals surface area contributed by atoms with Gasteiger partial charge < -0.3 is 35.8 Å². The Morgan fingerprint density at radius 3 is 2.68 bits per heavy atom. The first-order valence-corrected chi connectivity index (χ1v) is 12.2. The average Bonchev–Trinajstić information content (AvgIpc) is 3.27. The van der Waals surface area contributed by atoms with Crippen molar-refractivity contribution in [1.29, 1.82) is 0 Å². The van der Waals surface area contributed by atoms with Gasteiger partial charge in [-0.1, -0.05) is 17.4 Å². The van der Waals surface area contributed by atoms with Crippen LogP contribution in [0.1, 0.15) is 20.9 Å². The number of benzene rings is 1. The smallest absolute Gasteiger partial charge is 0.347 e. The first-order chi connectivity index (χ1) is 17.8. The topological polar surface area (TPSA) is 177 Å². The highest BCUT2D eigenvalue weighted by Gasteiger charge is 2.25. The number of anilines is 4. The van der Waals surface area contributed by atoms with E-state index in [1.165, 1.54) is 0 Å². The van der Waals surface area contributed by atoms with Gasteiger partial charge in [-0.15, -0.1) is 0 Å². The summed E-state index contributed by atoms with van der Waals surface area (Å²) in [7, 11) is 3.15. The predicted octanol–water partition coefficient (Wildman–Crippen LogP) is 1.58. The summed E-state index contributed by atoms with van der Waals surface area (Å²) in [5.74, 6) is 1.07. The molecule has 4 rings (SSSR count). The number of amides is 1. The molecular weight excluding hydrogens is 500 g/mol. The van der Waals surface area contributed by atoms with Gasteiger partial charge in [0.25, 0.3) is 0 Å². The number of piperazine rings is 1. The van der Waals surface area contributed by atoms with Crippen LogP contribution < -0.4 is 36.1 Å². The van der Waals surface area contributed by atoms with Crippen molar-refractivity contribution in [2.75, 3.05) is 49.4 Å². The summed E-state index contributed by atoms with van der Waals surface area (Å²) in [6.45, 7) is 3.57. The van der Waals surface area contributed by atoms with Crippen molar-refractivity contribution in [1.82, 2.24) is 20.3 Å². The quantitative estimate of drug-likeness (QED) is 0.257. The van der Waals surface area contributed by atoms with Crippen molar-refractivity contribution in [3.63, 3.8) is 0 Å². The molecule has 1 atom stereocenters. The molecule has 0 radical (unpaired) electrons. The number of thiazole rings is 1. The Labute approximate surface area is 217 Å². The number of primary amides is 1. The van der Waals surface area contributed by atoms with Crippen LogP contribution in [0.25, 0.3) is 0 Å². The molecule has 1 fully saturated rings. The molecule has 2 aromatic heterocycles. The molecule has 196 valence electrons. The third-order valence-electron chi connectivity index (χ3n) is 5.69. The summed E-state index contributed by atoms with van der Waals surface area (Å²) in [4.78, 5) is 38.7. The molecule has 1 aliphatic rings. The standard InChI is InChI=1S/C23H28N8O5S/c1-12-19(21(33)34)37-23(27-12)30-22-28-17(26-10-13-4-5-15(35-2)16(8-13)36-3)9-18(29-22)31-7-6-25-14(11-31)20(24)32/h4-5,8-9,14,25H,6-7,10-11H2,1-3H3,(H2,24,32)(H,33,34)(H2,26,27,28,29,30). The number of methoxy groups -OCH3 is 2. The van der Waals surface area contributed by atoms with Crippen LogP contribution in [0.4, 0.5) is 22.7 Å². The summed E-state index contributed by atoms with van der Waals surface area (Å²) >= 11 is 0.999. The van der Waals surface area contributed by atoms with Crippen molar-refractivity contribution in [2.45, 2.75) is 19.5 Å². The molecule has 14 heteroatoms. The van der Waals surface area contributed by atoms with Gasteiger partial charge in [-0.25, -0.2) is 9.78 Å². The van der Waals surface area contributed by atoms with Crippen molar-refractivity contribution in [3.05, 3.63) is 40.4 Å². The van der Waals surface area contributed by atoms with E-state index in [0.29, 0.717) is 60.1 Å². The number of rotatable bonds is 10. The Bertz CT molecular complexity index is 1300. The average molecular weight is 529 g/mol. The van der Waals surface area contributed by atoms with E-state index in [0.717, 1.165) is 16.9 Å². The number of carboxylic acids is 1. The summed E-state index contributed by atoms with van der Waals surface area (Å²) < 4.78 is 10.7. The minimum atomic E-state index is -1.05. The molecule has 0 saturated carbocycles. The highest BCUT2D eigenvalue weighted by molar-refractivity contribution is 7.17. The van der Waals surface area contributed by atoms with Crippen molar-refractivity contribution in [3.8, 4) is 11.5 Å². The van der Waals surface area contributed by atoms with Gasteiger partial charge in [0.05, 0.1) is 19.9 Å². The van der Waals surface area contributed by atoms with E-state index in [4.69, 9.17) is 15.2 Å². The van der Waals surface area contributed by atoms with Crippen molar-refractivity contribution in [2.24, 2.45) is 5.73 Å². The Morgan fingerprint density at radius 1 is 1.22 bits per heavy atom. The normalized spacial score (nSPS) is 15.2. The SMILES string of the molecule is COc1ccc(CNc2cc(N3CCNC(C(N)=O)C3)nc(Nc3nc(C)c(C(=O)O)s3)n2)cc1OC. The number of carboxylic acid groups (broad SMARTS) is 1. The second-order valence-electron chi connectivity index (χ2n) is 8.20. The van der Waals surface area contributed by atoms with Crippen LogP contribution in [0, 0.1) is 6.92 Å². The number of hydrogen-bond acceptors (Lipinski definition) is 12. The van der Waals surface area contributed by atoms with Crippen LogP contribution in [0.15, 0.2) is 24.3 Å². The molecule has 1 aromatic carbocycles. The number of carbonyl (C=O) groups excluding carboxylic acids is 1. The Morgan fingerprint density at radius 2 is 2.00 bits per heavy atom. The zero-order chi connectivity index (χ0) is 26.5. The van der Waals surface area contributed by atoms with Gasteiger partial charge in [-0.2, -0.15) is 9.97 Å². The van der Waals surface area contributed by atoms with Crippen LogP contribution in [0.3, 0.4) is 0 Å². The number of ether oxygens (including phenoxy) is 2. The monoisotopic (exact) mass is 528 g/mol. The van der Waals surface area contributed by atoms with Gasteiger partial charge in [0, 0.05) is 32.2 Å². The third-order valence-corrected chi connectivity index (χ3v) is 6.75. The number of nitrogens with zero attached hydrogens (tertiary/aromatic N) is 4. The van der Waals surface area contributed by atoms with Crippen LogP contribution in [-0.4, -0.2) is 71.8 Å². The number of aryl methyl sites for hydroxylation is 1. The lowest BCUT2D eigenvalue weighted by atomic mass is 10.2. The fourth-order valence-corrected chi connectivity index (χ4v) is 4.62. The number of hydrogen-bond donors (Lipinski definition) is 5. The Hall–Kier alpha value is -4.17. The first kappa shape index (κ1) is 25.9. The second kappa shape index (κ2) is 11.3. The number of aromatic carboxylic acids is 1. The van der Waals surface area contributed by atoms with Gasteiger partial charge in [0.2, 0.25) is 11.9 Å². The summed E-state index contributed by atoms with van der Waals surface area (Å²) in [6.07, 6.45) is 0. The zero-order valence-corrected chi connectivity index (χ0v) is 21.4. The lowest BCUT2D eigenvalue weighted by Crippen LogP contribution is -2.56. The molecule has 0 spiro atoms. The molecule has 3 aromatic rings. The molecule has 0 aliphatic carbocycles. The zero-order valence-electron chi connectivity index (χ0n) is 20.6. The van der Waals surface area contributed by atoms with E-state index in [1.54, 1.807) is 27.2 Å². The van der Waals surface area contributed by atoms with Crippen LogP contribution in [0.5, 0.6) is 11.5 Å². The lowest BCUT2D eigenvalue weighted by Gasteiger charge is -2.33. The number of carbonyl (C=O) groups is 2. The minimum Gasteiger partial charge on any atom is -0.493 e. The van der Waals surface area contributed by atoms with Crippen LogP contribution in [-0.2, 0) is 11.3 Å². The highest BCUT2D eigenvalue weighted by Crippen LogP contribution is 2.29. The highest BCUT2D eigenvalue weighted by atomic mass is 32.1. The Kier molecular flexibility index (Phi) is 7.89. The molecular formula is C23H28N8O5S. The van der Waals surface area contributed by atoms with Gasteiger partial charge in [0.1, 0.15) is 22.6 Å². The molecule has 1 unspecified atom stereocenters. The molecule has 1 saturated heterocycles. The number of nitrogens with one attached hydrogen (secondary N) is 3.